The number of fused-ring (bicyclic) bond motifs is 1. The first-order valence-electron chi connectivity index (χ1n) is 7.46. The first-order valence-corrected chi connectivity index (χ1v) is 9.26. The van der Waals surface area contributed by atoms with Crippen LogP contribution in [0.4, 0.5) is 0 Å². The monoisotopic (exact) mass is 349 g/mol. The molecule has 0 N–H and O–H groups in total. The summed E-state index contributed by atoms with van der Waals surface area (Å²) >= 11 is 3.18. The van der Waals surface area contributed by atoms with Gasteiger partial charge >= 0.3 is 0 Å². The molecule has 0 spiro atoms. The van der Waals surface area contributed by atoms with Crippen molar-refractivity contribution in [1.82, 2.24) is 24.3 Å². The second kappa shape index (κ2) is 6.45. The van der Waals surface area contributed by atoms with Gasteiger partial charge in [0.05, 0.1) is 11.9 Å². The summed E-state index contributed by atoms with van der Waals surface area (Å²) in [6.07, 6.45) is 3.22. The Morgan fingerprint density at radius 2 is 2.13 bits per heavy atom. The van der Waals surface area contributed by atoms with Crippen molar-refractivity contribution in [2.75, 3.05) is 5.75 Å². The molecule has 3 aromatic heterocycles. The van der Waals surface area contributed by atoms with Crippen LogP contribution in [0, 0.1) is 13.8 Å². The second-order valence-electron chi connectivity index (χ2n) is 5.63. The van der Waals surface area contributed by atoms with Gasteiger partial charge in [0.15, 0.2) is 5.16 Å². The first kappa shape index (κ1) is 16.2. The summed E-state index contributed by atoms with van der Waals surface area (Å²) in [5, 5.41) is 5.64. The Hall–Kier alpha value is -1.67. The van der Waals surface area contributed by atoms with Crippen molar-refractivity contribution in [1.29, 1.82) is 0 Å². The van der Waals surface area contributed by atoms with Gasteiger partial charge in [0.1, 0.15) is 17.5 Å². The number of thiophene rings is 1. The SMILES string of the molecule is Cc1sc2nc(SCCn3cncn3)n(C(C)C)c(=O)c2c1C. The van der Waals surface area contributed by atoms with Crippen LogP contribution in [0.25, 0.3) is 10.2 Å². The first-order chi connectivity index (χ1) is 11.0. The quantitative estimate of drug-likeness (QED) is 0.523. The molecule has 0 atom stereocenters. The number of hydrogen-bond acceptors (Lipinski definition) is 6. The molecule has 6 nitrogen and oxygen atoms in total. The maximum Gasteiger partial charge on any atom is 0.263 e. The smallest absolute Gasteiger partial charge is 0.263 e. The number of nitrogens with zero attached hydrogens (tertiary/aromatic N) is 5. The van der Waals surface area contributed by atoms with E-state index in [1.54, 1.807) is 38.7 Å². The van der Waals surface area contributed by atoms with Crippen LogP contribution < -0.4 is 5.56 Å². The van der Waals surface area contributed by atoms with Gasteiger partial charge < -0.3 is 0 Å². The molecule has 3 heterocycles. The fourth-order valence-electron chi connectivity index (χ4n) is 2.42. The minimum atomic E-state index is 0.0649. The van der Waals surface area contributed by atoms with Gasteiger partial charge in [-0.2, -0.15) is 5.10 Å². The summed E-state index contributed by atoms with van der Waals surface area (Å²) in [4.78, 5) is 23.6. The summed E-state index contributed by atoms with van der Waals surface area (Å²) in [5.74, 6) is 0.789. The molecule has 122 valence electrons. The summed E-state index contributed by atoms with van der Waals surface area (Å²) in [6.45, 7) is 8.81. The molecule has 0 radical (unpaired) electrons. The molecule has 3 aromatic rings. The van der Waals surface area contributed by atoms with Crippen molar-refractivity contribution in [3.8, 4) is 0 Å². The normalized spacial score (nSPS) is 11.7. The Morgan fingerprint density at radius 3 is 2.78 bits per heavy atom. The Balaban J connectivity index is 1.98. The lowest BCUT2D eigenvalue weighted by Gasteiger charge is -2.15. The van der Waals surface area contributed by atoms with Crippen LogP contribution in [0.5, 0.6) is 0 Å². The minimum absolute atomic E-state index is 0.0649. The van der Waals surface area contributed by atoms with Crippen LogP contribution in [0.15, 0.2) is 22.6 Å². The summed E-state index contributed by atoms with van der Waals surface area (Å²) < 4.78 is 3.58. The van der Waals surface area contributed by atoms with E-state index in [0.29, 0.717) is 0 Å². The van der Waals surface area contributed by atoms with E-state index in [9.17, 15) is 4.79 Å². The Bertz CT molecular complexity index is 880. The molecule has 0 aromatic carbocycles. The van der Waals surface area contributed by atoms with Crippen molar-refractivity contribution < 1.29 is 0 Å². The fraction of sp³-hybridized carbons (Fsp3) is 0.467. The third kappa shape index (κ3) is 3.05. The second-order valence-corrected chi connectivity index (χ2v) is 7.90. The highest BCUT2D eigenvalue weighted by Crippen LogP contribution is 2.29. The molecule has 0 aliphatic rings. The van der Waals surface area contributed by atoms with Gasteiger partial charge in [-0.15, -0.1) is 11.3 Å². The highest BCUT2D eigenvalue weighted by Gasteiger charge is 2.18. The summed E-state index contributed by atoms with van der Waals surface area (Å²) in [6, 6.07) is 0.0767. The number of hydrogen-bond donors (Lipinski definition) is 0. The van der Waals surface area contributed by atoms with Gasteiger partial charge in [0.2, 0.25) is 0 Å². The van der Waals surface area contributed by atoms with Gasteiger partial charge in [-0.25, -0.2) is 9.97 Å². The zero-order valence-electron chi connectivity index (χ0n) is 13.6. The predicted molar refractivity (Wildman–Crippen MR) is 94.5 cm³/mol. The van der Waals surface area contributed by atoms with Crippen LogP contribution >= 0.6 is 23.1 Å². The van der Waals surface area contributed by atoms with Gasteiger partial charge in [-0.3, -0.25) is 14.0 Å². The molecule has 0 unspecified atom stereocenters. The van der Waals surface area contributed by atoms with E-state index in [0.717, 1.165) is 38.1 Å². The average molecular weight is 349 g/mol. The van der Waals surface area contributed by atoms with Gasteiger partial charge in [-0.1, -0.05) is 11.8 Å². The van der Waals surface area contributed by atoms with Crippen molar-refractivity contribution in [2.45, 2.75) is 45.4 Å². The molecule has 0 aliphatic heterocycles. The highest BCUT2D eigenvalue weighted by molar-refractivity contribution is 7.99. The lowest BCUT2D eigenvalue weighted by atomic mass is 10.2. The third-order valence-corrected chi connectivity index (χ3v) is 5.77. The lowest BCUT2D eigenvalue weighted by molar-refractivity contribution is 0.519. The van der Waals surface area contributed by atoms with Crippen LogP contribution in [-0.2, 0) is 6.54 Å². The van der Waals surface area contributed by atoms with E-state index < -0.39 is 0 Å². The number of thioether (sulfide) groups is 1. The maximum absolute atomic E-state index is 12.9. The molecule has 0 saturated heterocycles. The number of aryl methyl sites for hydroxylation is 3. The largest absolute Gasteiger partial charge is 0.284 e. The fourth-order valence-corrected chi connectivity index (χ4v) is 4.55. The zero-order chi connectivity index (χ0) is 16.6. The Morgan fingerprint density at radius 1 is 1.35 bits per heavy atom. The maximum atomic E-state index is 12.9. The molecule has 0 bridgehead atoms. The summed E-state index contributed by atoms with van der Waals surface area (Å²) in [7, 11) is 0. The Labute approximate surface area is 142 Å². The van der Waals surface area contributed by atoms with Crippen LogP contribution in [0.2, 0.25) is 0 Å². The van der Waals surface area contributed by atoms with Gasteiger partial charge in [0.25, 0.3) is 5.56 Å². The predicted octanol–water partition coefficient (Wildman–Crippen LogP) is 3.04. The Kier molecular flexibility index (Phi) is 4.54. The van der Waals surface area contributed by atoms with Crippen LogP contribution in [0.3, 0.4) is 0 Å². The topological polar surface area (TPSA) is 65.6 Å². The molecule has 0 aliphatic carbocycles. The van der Waals surface area contributed by atoms with E-state index >= 15 is 0 Å². The van der Waals surface area contributed by atoms with E-state index in [4.69, 9.17) is 4.98 Å². The molecular weight excluding hydrogens is 330 g/mol. The molecule has 0 saturated carbocycles. The number of rotatable bonds is 5. The van der Waals surface area contributed by atoms with E-state index in [1.165, 1.54) is 6.33 Å². The van der Waals surface area contributed by atoms with Crippen molar-refractivity contribution in [3.63, 3.8) is 0 Å². The van der Waals surface area contributed by atoms with Gasteiger partial charge in [-0.05, 0) is 33.3 Å². The highest BCUT2D eigenvalue weighted by atomic mass is 32.2. The van der Waals surface area contributed by atoms with Crippen molar-refractivity contribution in [2.24, 2.45) is 0 Å². The summed E-state index contributed by atoms with van der Waals surface area (Å²) in [5.41, 5.74) is 1.12. The van der Waals surface area contributed by atoms with Crippen molar-refractivity contribution >= 4 is 33.3 Å². The standard InChI is InChI=1S/C15H19N5OS2/c1-9(2)20-14(21)12-10(3)11(4)23-13(12)18-15(20)22-6-5-19-8-16-7-17-19/h7-9H,5-6H2,1-4H3. The lowest BCUT2D eigenvalue weighted by Crippen LogP contribution is -2.25. The van der Waals surface area contributed by atoms with E-state index in [2.05, 4.69) is 10.1 Å². The molecular formula is C15H19N5OS2. The van der Waals surface area contributed by atoms with Crippen LogP contribution in [-0.4, -0.2) is 30.1 Å². The molecule has 0 amide bonds. The zero-order valence-corrected chi connectivity index (χ0v) is 15.2. The average Bonchev–Trinajstić information content (AvgIpc) is 3.08. The number of aromatic nitrogens is 5. The van der Waals surface area contributed by atoms with Gasteiger partial charge in [0, 0.05) is 16.7 Å². The molecule has 0 fully saturated rings. The van der Waals surface area contributed by atoms with E-state index in [1.807, 2.05) is 27.7 Å². The minimum Gasteiger partial charge on any atom is -0.284 e. The molecule has 8 heteroatoms. The molecule has 23 heavy (non-hydrogen) atoms. The van der Waals surface area contributed by atoms with Crippen molar-refractivity contribution in [3.05, 3.63) is 33.4 Å². The van der Waals surface area contributed by atoms with Crippen LogP contribution in [0.1, 0.15) is 30.3 Å². The molecule has 3 rings (SSSR count). The van der Waals surface area contributed by atoms with E-state index in [-0.39, 0.29) is 11.6 Å². The third-order valence-electron chi connectivity index (χ3n) is 3.74.